The maximum atomic E-state index is 10.3. The highest BCUT2D eigenvalue weighted by Gasteiger charge is 2.15. The number of hydrogen-bond acceptors (Lipinski definition) is 4. The van der Waals surface area contributed by atoms with Crippen LogP contribution in [0.4, 0.5) is 5.82 Å². The summed E-state index contributed by atoms with van der Waals surface area (Å²) in [7, 11) is 2.03. The van der Waals surface area contributed by atoms with Crippen LogP contribution >= 0.6 is 0 Å². The van der Waals surface area contributed by atoms with Crippen LogP contribution in [0.2, 0.25) is 0 Å². The molecule has 3 rings (SSSR count). The van der Waals surface area contributed by atoms with E-state index in [1.165, 1.54) is 0 Å². The Morgan fingerprint density at radius 3 is 2.46 bits per heavy atom. The number of pyridine rings is 1. The molecule has 134 valence electrons. The summed E-state index contributed by atoms with van der Waals surface area (Å²) in [6, 6.07) is 18.2. The van der Waals surface area contributed by atoms with E-state index in [4.69, 9.17) is 4.98 Å². The Balaban J connectivity index is 2.14. The zero-order chi connectivity index (χ0) is 18.5. The second-order valence-electron chi connectivity index (χ2n) is 6.41. The molecule has 0 aliphatic rings. The SMILES string of the molecule is CCCCN(C)c1ccc(-c2ccccc2O)c(-c2cccc(O)c2)n1. The third kappa shape index (κ3) is 3.80. The Kier molecular flexibility index (Phi) is 5.42. The first-order valence-electron chi connectivity index (χ1n) is 8.90. The van der Waals surface area contributed by atoms with Crippen molar-refractivity contribution in [1.29, 1.82) is 0 Å². The Labute approximate surface area is 154 Å². The molecular formula is C22H24N2O2. The van der Waals surface area contributed by atoms with E-state index in [1.54, 1.807) is 30.3 Å². The van der Waals surface area contributed by atoms with E-state index in [0.29, 0.717) is 0 Å². The van der Waals surface area contributed by atoms with Crippen LogP contribution in [0.1, 0.15) is 19.8 Å². The molecule has 0 unspecified atom stereocenters. The van der Waals surface area contributed by atoms with E-state index in [2.05, 4.69) is 11.8 Å². The van der Waals surface area contributed by atoms with Crippen LogP contribution in [0.5, 0.6) is 11.5 Å². The average molecular weight is 348 g/mol. The minimum atomic E-state index is 0.192. The van der Waals surface area contributed by atoms with Gasteiger partial charge in [-0.25, -0.2) is 4.98 Å². The molecule has 1 heterocycles. The van der Waals surface area contributed by atoms with E-state index in [9.17, 15) is 10.2 Å². The highest BCUT2D eigenvalue weighted by molar-refractivity contribution is 5.85. The number of benzene rings is 2. The second kappa shape index (κ2) is 7.91. The molecule has 0 aliphatic carbocycles. The van der Waals surface area contributed by atoms with Crippen molar-refractivity contribution in [2.75, 3.05) is 18.5 Å². The zero-order valence-corrected chi connectivity index (χ0v) is 15.2. The average Bonchev–Trinajstić information content (AvgIpc) is 2.66. The van der Waals surface area contributed by atoms with Crippen LogP contribution < -0.4 is 4.90 Å². The lowest BCUT2D eigenvalue weighted by Crippen LogP contribution is -2.19. The molecule has 0 fully saturated rings. The Morgan fingerprint density at radius 2 is 1.73 bits per heavy atom. The standard InChI is InChI=1S/C22H24N2O2/c1-3-4-14-24(2)21-13-12-19(18-10-5-6-11-20(18)26)22(23-21)16-8-7-9-17(25)15-16/h5-13,15,25-26H,3-4,14H2,1-2H3. The normalized spacial score (nSPS) is 10.7. The summed E-state index contributed by atoms with van der Waals surface area (Å²) >= 11 is 0. The first-order chi connectivity index (χ1) is 12.6. The van der Waals surface area contributed by atoms with Gasteiger partial charge in [-0.3, -0.25) is 0 Å². The topological polar surface area (TPSA) is 56.6 Å². The van der Waals surface area contributed by atoms with Crippen LogP contribution in [-0.2, 0) is 0 Å². The van der Waals surface area contributed by atoms with Crippen LogP contribution in [0.25, 0.3) is 22.4 Å². The number of rotatable bonds is 6. The van der Waals surface area contributed by atoms with E-state index in [0.717, 1.165) is 47.6 Å². The lowest BCUT2D eigenvalue weighted by molar-refractivity contribution is 0.475. The van der Waals surface area contributed by atoms with Crippen molar-refractivity contribution in [2.24, 2.45) is 0 Å². The molecule has 2 N–H and O–H groups in total. The first kappa shape index (κ1) is 17.8. The van der Waals surface area contributed by atoms with E-state index < -0.39 is 0 Å². The Morgan fingerprint density at radius 1 is 0.923 bits per heavy atom. The zero-order valence-electron chi connectivity index (χ0n) is 15.2. The summed E-state index contributed by atoms with van der Waals surface area (Å²) in [5.74, 6) is 1.27. The van der Waals surface area contributed by atoms with Gasteiger partial charge in [0.05, 0.1) is 5.69 Å². The van der Waals surface area contributed by atoms with E-state index in [1.807, 2.05) is 37.4 Å². The van der Waals surface area contributed by atoms with Crippen molar-refractivity contribution in [3.05, 3.63) is 60.7 Å². The fraction of sp³-hybridized carbons (Fsp3) is 0.227. The highest BCUT2D eigenvalue weighted by Crippen LogP contribution is 2.37. The molecule has 0 saturated heterocycles. The molecule has 0 bridgehead atoms. The summed E-state index contributed by atoms with van der Waals surface area (Å²) in [6.45, 7) is 3.10. The summed E-state index contributed by atoms with van der Waals surface area (Å²) in [5.41, 5.74) is 3.11. The van der Waals surface area contributed by atoms with Gasteiger partial charge in [-0.05, 0) is 36.8 Å². The molecule has 0 saturated carbocycles. The van der Waals surface area contributed by atoms with Gasteiger partial charge in [-0.2, -0.15) is 0 Å². The van der Waals surface area contributed by atoms with Gasteiger partial charge in [-0.1, -0.05) is 43.7 Å². The summed E-state index contributed by atoms with van der Waals surface area (Å²) in [5, 5.41) is 20.2. The molecule has 3 aromatic rings. The minimum Gasteiger partial charge on any atom is -0.508 e. The highest BCUT2D eigenvalue weighted by atomic mass is 16.3. The Hall–Kier alpha value is -3.01. The van der Waals surface area contributed by atoms with Crippen molar-refractivity contribution >= 4 is 5.82 Å². The fourth-order valence-electron chi connectivity index (χ4n) is 2.96. The smallest absolute Gasteiger partial charge is 0.129 e. The molecule has 0 radical (unpaired) electrons. The third-order valence-corrected chi connectivity index (χ3v) is 4.43. The van der Waals surface area contributed by atoms with Gasteiger partial charge in [0.25, 0.3) is 0 Å². The number of aromatic nitrogens is 1. The molecule has 0 amide bonds. The molecule has 4 nitrogen and oxygen atoms in total. The molecule has 4 heteroatoms. The van der Waals surface area contributed by atoms with Crippen molar-refractivity contribution in [1.82, 2.24) is 4.98 Å². The van der Waals surface area contributed by atoms with Crippen molar-refractivity contribution in [3.8, 4) is 33.9 Å². The predicted octanol–water partition coefficient (Wildman–Crippen LogP) is 5.06. The lowest BCUT2D eigenvalue weighted by atomic mass is 9.98. The van der Waals surface area contributed by atoms with Crippen LogP contribution in [0.15, 0.2) is 60.7 Å². The van der Waals surface area contributed by atoms with Gasteiger partial charge < -0.3 is 15.1 Å². The monoisotopic (exact) mass is 348 g/mol. The molecular weight excluding hydrogens is 324 g/mol. The quantitative estimate of drug-likeness (QED) is 0.653. The third-order valence-electron chi connectivity index (χ3n) is 4.43. The van der Waals surface area contributed by atoms with Gasteiger partial charge in [0.15, 0.2) is 0 Å². The summed E-state index contributed by atoms with van der Waals surface area (Å²) in [4.78, 5) is 6.99. The number of phenols is 2. The molecule has 2 aromatic carbocycles. The maximum Gasteiger partial charge on any atom is 0.129 e. The number of unbranched alkanes of at least 4 members (excludes halogenated alkanes) is 1. The van der Waals surface area contributed by atoms with Gasteiger partial charge in [0.2, 0.25) is 0 Å². The first-order valence-corrected chi connectivity index (χ1v) is 8.90. The molecule has 26 heavy (non-hydrogen) atoms. The number of nitrogens with zero attached hydrogens (tertiary/aromatic N) is 2. The van der Waals surface area contributed by atoms with Gasteiger partial charge in [0.1, 0.15) is 17.3 Å². The number of para-hydroxylation sites is 1. The minimum absolute atomic E-state index is 0.192. The van der Waals surface area contributed by atoms with Crippen molar-refractivity contribution < 1.29 is 10.2 Å². The lowest BCUT2D eigenvalue weighted by Gasteiger charge is -2.20. The predicted molar refractivity (Wildman–Crippen MR) is 107 cm³/mol. The van der Waals surface area contributed by atoms with Gasteiger partial charge in [-0.15, -0.1) is 0 Å². The number of anilines is 1. The Bertz CT molecular complexity index is 893. The fourth-order valence-corrected chi connectivity index (χ4v) is 2.96. The molecule has 0 atom stereocenters. The van der Waals surface area contributed by atoms with Crippen LogP contribution in [0.3, 0.4) is 0 Å². The maximum absolute atomic E-state index is 10.3. The second-order valence-corrected chi connectivity index (χ2v) is 6.41. The van der Waals surface area contributed by atoms with Crippen LogP contribution in [0, 0.1) is 0 Å². The largest absolute Gasteiger partial charge is 0.508 e. The number of aromatic hydroxyl groups is 2. The van der Waals surface area contributed by atoms with E-state index >= 15 is 0 Å². The van der Waals surface area contributed by atoms with Crippen molar-refractivity contribution in [3.63, 3.8) is 0 Å². The molecule has 1 aromatic heterocycles. The number of phenolic OH excluding ortho intramolecular Hbond substituents is 2. The van der Waals surface area contributed by atoms with Crippen LogP contribution in [-0.4, -0.2) is 28.8 Å². The molecule has 0 spiro atoms. The summed E-state index contributed by atoms with van der Waals surface area (Å²) < 4.78 is 0. The number of hydrogen-bond donors (Lipinski definition) is 2. The summed E-state index contributed by atoms with van der Waals surface area (Å²) in [6.07, 6.45) is 2.22. The van der Waals surface area contributed by atoms with E-state index in [-0.39, 0.29) is 11.5 Å². The van der Waals surface area contributed by atoms with Gasteiger partial charge in [0, 0.05) is 30.3 Å². The molecule has 0 aliphatic heterocycles. The van der Waals surface area contributed by atoms with Crippen molar-refractivity contribution in [2.45, 2.75) is 19.8 Å². The van der Waals surface area contributed by atoms with Gasteiger partial charge >= 0.3 is 0 Å².